The number of aromatic hydroxyl groups is 1. The van der Waals surface area contributed by atoms with Gasteiger partial charge in [0.2, 0.25) is 5.88 Å². The molecule has 0 fully saturated rings. The molecule has 7 heteroatoms. The Morgan fingerprint density at radius 1 is 1.35 bits per heavy atom. The van der Waals surface area contributed by atoms with Gasteiger partial charge in [0.1, 0.15) is 0 Å². The van der Waals surface area contributed by atoms with Crippen LogP contribution in [-0.4, -0.2) is 19.6 Å². The minimum Gasteiger partial charge on any atom is -0.493 e. The lowest BCUT2D eigenvalue weighted by Gasteiger charge is -2.01. The first-order valence-electron chi connectivity index (χ1n) is 5.90. The van der Waals surface area contributed by atoms with Gasteiger partial charge in [-0.2, -0.15) is 0 Å². The number of H-pyrrole nitrogens is 2. The van der Waals surface area contributed by atoms with Crippen molar-refractivity contribution in [3.63, 3.8) is 0 Å². The molecule has 0 atom stereocenters. The van der Waals surface area contributed by atoms with Gasteiger partial charge in [-0.25, -0.2) is 4.79 Å². The third-order valence-electron chi connectivity index (χ3n) is 3.35. The van der Waals surface area contributed by atoms with Crippen molar-refractivity contribution in [2.75, 3.05) is 0 Å². The number of nitrogens with one attached hydrogen (secondary N) is 2. The molecule has 0 saturated carbocycles. The lowest BCUT2D eigenvalue weighted by Crippen LogP contribution is -2.11. The molecule has 3 N–H and O–H groups in total. The Hall–Kier alpha value is -1.85. The van der Waals surface area contributed by atoms with E-state index in [1.54, 1.807) is 12.3 Å². The van der Waals surface area contributed by atoms with Gasteiger partial charge in [0.05, 0.1) is 21.3 Å². The molecule has 2 heterocycles. The number of hydrogen-bond acceptors (Lipinski definition) is 2. The highest BCUT2D eigenvalue weighted by Crippen LogP contribution is 2.32. The molecule has 0 amide bonds. The zero-order valence-electron chi connectivity index (χ0n) is 10.5. The monoisotopic (exact) mass is 311 g/mol. The largest absolute Gasteiger partial charge is 0.493 e. The van der Waals surface area contributed by atoms with Crippen LogP contribution in [0.15, 0.2) is 23.1 Å². The molecule has 0 aliphatic rings. The normalized spacial score (nSPS) is 11.3. The molecule has 0 spiro atoms. The molecule has 0 aliphatic heterocycles. The summed E-state index contributed by atoms with van der Waals surface area (Å²) in [6, 6.07) is 3.57. The van der Waals surface area contributed by atoms with Crippen LogP contribution in [0.4, 0.5) is 0 Å². The van der Waals surface area contributed by atoms with Crippen molar-refractivity contribution in [2.45, 2.75) is 6.42 Å². The molecule has 0 unspecified atom stereocenters. The van der Waals surface area contributed by atoms with Gasteiger partial charge in [-0.1, -0.05) is 29.3 Å². The minimum absolute atomic E-state index is 0.0654. The fraction of sp³-hybridized carbons (Fsp3) is 0.154. The van der Waals surface area contributed by atoms with Crippen molar-refractivity contribution in [3.8, 4) is 5.88 Å². The molecule has 104 valence electrons. The Morgan fingerprint density at radius 2 is 2.10 bits per heavy atom. The highest BCUT2D eigenvalue weighted by Gasteiger charge is 2.14. The molecular formula is C13H11Cl2N3O2. The minimum atomic E-state index is -0.349. The third kappa shape index (κ3) is 1.90. The van der Waals surface area contributed by atoms with Crippen LogP contribution in [0.25, 0.3) is 10.9 Å². The number of hydrogen-bond donors (Lipinski definition) is 3. The topological polar surface area (TPSA) is 73.8 Å². The molecule has 3 aromatic rings. The number of halogens is 2. The van der Waals surface area contributed by atoms with Crippen molar-refractivity contribution >= 4 is 34.1 Å². The summed E-state index contributed by atoms with van der Waals surface area (Å²) >= 11 is 12.1. The lowest BCUT2D eigenvalue weighted by atomic mass is 10.1. The summed E-state index contributed by atoms with van der Waals surface area (Å²) in [5.74, 6) is -0.0654. The Kier molecular flexibility index (Phi) is 3.03. The molecular weight excluding hydrogens is 301 g/mol. The Labute approximate surface area is 123 Å². The number of aromatic amines is 2. The van der Waals surface area contributed by atoms with E-state index in [0.717, 1.165) is 21.0 Å². The summed E-state index contributed by atoms with van der Waals surface area (Å²) in [5.41, 5.74) is 1.77. The van der Waals surface area contributed by atoms with Gasteiger partial charge < -0.3 is 15.1 Å². The summed E-state index contributed by atoms with van der Waals surface area (Å²) in [7, 11) is 1.50. The van der Waals surface area contributed by atoms with Crippen molar-refractivity contribution in [2.24, 2.45) is 7.05 Å². The second-order valence-corrected chi connectivity index (χ2v) is 5.35. The Morgan fingerprint density at radius 3 is 2.75 bits per heavy atom. The van der Waals surface area contributed by atoms with E-state index in [0.29, 0.717) is 22.2 Å². The second kappa shape index (κ2) is 4.61. The summed E-state index contributed by atoms with van der Waals surface area (Å²) in [5, 5.41) is 11.7. The van der Waals surface area contributed by atoms with Crippen molar-refractivity contribution in [1.29, 1.82) is 0 Å². The van der Waals surface area contributed by atoms with Gasteiger partial charge in [0.25, 0.3) is 0 Å². The number of benzene rings is 1. The molecule has 20 heavy (non-hydrogen) atoms. The number of aromatic nitrogens is 3. The van der Waals surface area contributed by atoms with Gasteiger partial charge in [0.15, 0.2) is 0 Å². The van der Waals surface area contributed by atoms with Crippen LogP contribution in [0, 0.1) is 0 Å². The van der Waals surface area contributed by atoms with E-state index >= 15 is 0 Å². The van der Waals surface area contributed by atoms with Gasteiger partial charge in [-0.05, 0) is 11.6 Å². The fourth-order valence-electron chi connectivity index (χ4n) is 2.22. The average Bonchev–Trinajstić information content (AvgIpc) is 2.93. The first-order chi connectivity index (χ1) is 9.49. The summed E-state index contributed by atoms with van der Waals surface area (Å²) in [6.45, 7) is 0. The third-order valence-corrected chi connectivity index (χ3v) is 4.15. The smallest absolute Gasteiger partial charge is 0.328 e. The van der Waals surface area contributed by atoms with Crippen LogP contribution < -0.4 is 5.69 Å². The predicted octanol–water partition coefficient (Wildman–Crippen LogP) is 2.80. The molecule has 1 aromatic carbocycles. The Balaban J connectivity index is 2.10. The van der Waals surface area contributed by atoms with Gasteiger partial charge >= 0.3 is 5.69 Å². The molecule has 0 saturated heterocycles. The molecule has 3 rings (SSSR count). The maximum absolute atomic E-state index is 11.5. The van der Waals surface area contributed by atoms with E-state index in [9.17, 15) is 9.90 Å². The van der Waals surface area contributed by atoms with E-state index in [1.165, 1.54) is 7.05 Å². The molecule has 2 aromatic heterocycles. The van der Waals surface area contributed by atoms with Crippen LogP contribution in [0.3, 0.4) is 0 Å². The quantitative estimate of drug-likeness (QED) is 0.681. The number of fused-ring (bicyclic) bond motifs is 1. The van der Waals surface area contributed by atoms with Gasteiger partial charge in [-0.15, -0.1) is 0 Å². The highest BCUT2D eigenvalue weighted by atomic mass is 35.5. The number of rotatable bonds is 2. The number of imidazole rings is 1. The maximum atomic E-state index is 11.5. The van der Waals surface area contributed by atoms with Crippen LogP contribution >= 0.6 is 23.2 Å². The van der Waals surface area contributed by atoms with Crippen LogP contribution in [-0.2, 0) is 13.5 Å². The van der Waals surface area contributed by atoms with Crippen LogP contribution in [0.2, 0.25) is 10.0 Å². The van der Waals surface area contributed by atoms with Crippen molar-refractivity contribution in [3.05, 3.63) is 50.1 Å². The van der Waals surface area contributed by atoms with E-state index in [4.69, 9.17) is 23.2 Å². The van der Waals surface area contributed by atoms with E-state index < -0.39 is 0 Å². The average molecular weight is 312 g/mol. The molecule has 0 radical (unpaired) electrons. The standard InChI is InChI=1S/C13H11Cl2N3O2/c1-18-12(19)9(17-13(18)20)4-6-5-16-11-7(6)2-3-8(14)10(11)15/h2-3,5,16,19H,4H2,1H3,(H,17,20). The van der Waals surface area contributed by atoms with Gasteiger partial charge in [-0.3, -0.25) is 4.57 Å². The zero-order valence-corrected chi connectivity index (χ0v) is 12.0. The van der Waals surface area contributed by atoms with Crippen molar-refractivity contribution in [1.82, 2.24) is 14.5 Å². The fourth-order valence-corrected chi connectivity index (χ4v) is 2.60. The number of nitrogens with zero attached hydrogens (tertiary/aromatic N) is 1. The van der Waals surface area contributed by atoms with Gasteiger partial charge in [0, 0.05) is 25.1 Å². The van der Waals surface area contributed by atoms with Crippen LogP contribution in [0.1, 0.15) is 11.3 Å². The van der Waals surface area contributed by atoms with E-state index in [1.807, 2.05) is 6.07 Å². The molecule has 0 aliphatic carbocycles. The first-order valence-corrected chi connectivity index (χ1v) is 6.65. The molecule has 5 nitrogen and oxygen atoms in total. The Bertz CT molecular complexity index is 860. The van der Waals surface area contributed by atoms with E-state index in [2.05, 4.69) is 9.97 Å². The highest BCUT2D eigenvalue weighted by molar-refractivity contribution is 6.45. The van der Waals surface area contributed by atoms with Crippen molar-refractivity contribution < 1.29 is 5.11 Å². The SMILES string of the molecule is Cn1c(O)c(Cc2c[nH]c3c(Cl)c(Cl)ccc23)[nH]c1=O. The zero-order chi connectivity index (χ0) is 14.4. The maximum Gasteiger partial charge on any atom is 0.328 e. The summed E-state index contributed by atoms with van der Waals surface area (Å²) < 4.78 is 1.16. The summed E-state index contributed by atoms with van der Waals surface area (Å²) in [6.07, 6.45) is 2.18. The first kappa shape index (κ1) is 13.1. The van der Waals surface area contributed by atoms with E-state index in [-0.39, 0.29) is 11.6 Å². The summed E-state index contributed by atoms with van der Waals surface area (Å²) in [4.78, 5) is 17.1. The predicted molar refractivity (Wildman–Crippen MR) is 78.8 cm³/mol. The van der Waals surface area contributed by atoms with Crippen LogP contribution in [0.5, 0.6) is 5.88 Å². The second-order valence-electron chi connectivity index (χ2n) is 4.57. The lowest BCUT2D eigenvalue weighted by molar-refractivity contribution is 0.424. The molecule has 0 bridgehead atoms.